The van der Waals surface area contributed by atoms with E-state index in [-0.39, 0.29) is 17.9 Å². The van der Waals surface area contributed by atoms with E-state index in [1.807, 2.05) is 6.92 Å². The Bertz CT molecular complexity index is 917. The van der Waals surface area contributed by atoms with E-state index in [1.165, 1.54) is 17.4 Å². The maximum Gasteiger partial charge on any atom is 0.694 e. The van der Waals surface area contributed by atoms with Crippen LogP contribution in [-0.2, 0) is 28.7 Å². The first-order valence-electron chi connectivity index (χ1n) is 11.4. The normalized spacial score (nSPS) is 11.5. The molecule has 0 aliphatic rings. The fraction of sp³-hybridized carbons (Fsp3) is 0.762. The van der Waals surface area contributed by atoms with Crippen molar-refractivity contribution < 1.29 is 14.0 Å². The Kier molecular flexibility index (Phi) is 13.2. The smallest absolute Gasteiger partial charge is 0.325 e. The number of aromatic nitrogens is 4. The van der Waals surface area contributed by atoms with E-state index in [4.69, 9.17) is 4.89 Å². The van der Waals surface area contributed by atoms with Crippen LogP contribution in [0.3, 0.4) is 0 Å². The second-order valence-electron chi connectivity index (χ2n) is 7.49. The molecule has 31 heavy (non-hydrogen) atoms. The van der Waals surface area contributed by atoms with Crippen LogP contribution in [0.15, 0.2) is 15.9 Å². The van der Waals surface area contributed by atoms with Gasteiger partial charge in [-0.25, -0.2) is 9.78 Å². The first kappa shape index (κ1) is 27.2. The lowest BCUT2D eigenvalue weighted by atomic mass is 10.3. The van der Waals surface area contributed by atoms with Gasteiger partial charge in [-0.3, -0.25) is 13.9 Å². The van der Waals surface area contributed by atoms with Crippen molar-refractivity contribution in [1.29, 1.82) is 0 Å². The molecule has 9 nitrogen and oxygen atoms in total. The summed E-state index contributed by atoms with van der Waals surface area (Å²) in [6.07, 6.45) is 8.91. The Morgan fingerprint density at radius 3 is 2.06 bits per heavy atom. The van der Waals surface area contributed by atoms with Crippen LogP contribution in [0.5, 0.6) is 0 Å². The van der Waals surface area contributed by atoms with E-state index in [0.29, 0.717) is 43.6 Å². The van der Waals surface area contributed by atoms with Gasteiger partial charge < -0.3 is 4.57 Å². The highest BCUT2D eigenvalue weighted by atomic mass is 31.1. The Morgan fingerprint density at radius 1 is 0.903 bits per heavy atom. The highest BCUT2D eigenvalue weighted by Crippen LogP contribution is 2.15. The van der Waals surface area contributed by atoms with Gasteiger partial charge in [-0.05, 0) is 25.7 Å². The van der Waals surface area contributed by atoms with Crippen molar-refractivity contribution in [2.45, 2.75) is 98.7 Å². The molecular weight excluding hydrogens is 419 g/mol. The number of imidazole rings is 1. The molecule has 0 fully saturated rings. The van der Waals surface area contributed by atoms with Gasteiger partial charge in [0, 0.05) is 24.2 Å². The molecule has 1 unspecified atom stereocenters. The lowest BCUT2D eigenvalue weighted by Gasteiger charge is -2.12. The van der Waals surface area contributed by atoms with E-state index in [1.54, 1.807) is 15.5 Å². The van der Waals surface area contributed by atoms with Gasteiger partial charge in [0.2, 0.25) is 0 Å². The summed E-state index contributed by atoms with van der Waals surface area (Å²) in [5.74, 6) is 0. The molecule has 176 valence electrons. The summed E-state index contributed by atoms with van der Waals surface area (Å²) in [6, 6.07) is 0. The molecule has 1 N–H and O–H groups in total. The summed E-state index contributed by atoms with van der Waals surface area (Å²) < 4.78 is 19.9. The van der Waals surface area contributed by atoms with Gasteiger partial charge in [-0.15, -0.1) is 9.42 Å². The number of unbranched alkanes of at least 4 members (excludes halogenated alkanes) is 4. The number of hydrogen-bond acceptors (Lipinski definition) is 5. The predicted molar refractivity (Wildman–Crippen MR) is 124 cm³/mol. The third-order valence-electron chi connectivity index (χ3n) is 4.95. The summed E-state index contributed by atoms with van der Waals surface area (Å²) in [6.45, 7) is 10.1. The predicted octanol–water partition coefficient (Wildman–Crippen LogP) is 4.21. The van der Waals surface area contributed by atoms with Crippen molar-refractivity contribution in [2.75, 3.05) is 6.61 Å². The van der Waals surface area contributed by atoms with Crippen molar-refractivity contribution in [2.24, 2.45) is 0 Å². The number of hydrogen-bond donors (Lipinski definition) is 1. The van der Waals surface area contributed by atoms with E-state index in [2.05, 4.69) is 30.3 Å². The zero-order chi connectivity index (χ0) is 23.2. The minimum absolute atomic E-state index is 0.181. The summed E-state index contributed by atoms with van der Waals surface area (Å²) >= 11 is 0. The van der Waals surface area contributed by atoms with Gasteiger partial charge in [-0.2, -0.15) is 0 Å². The van der Waals surface area contributed by atoms with Crippen LogP contribution in [0.4, 0.5) is 0 Å². The van der Waals surface area contributed by atoms with Crippen LogP contribution < -0.4 is 11.2 Å². The molecule has 0 saturated heterocycles. The number of fused-ring (bicyclic) bond motifs is 1. The number of rotatable bonds is 13. The Morgan fingerprint density at radius 2 is 1.52 bits per heavy atom. The van der Waals surface area contributed by atoms with Crippen LogP contribution in [-0.4, -0.2) is 30.2 Å². The SMILES string of the molecule is CCCC.CCCCn1c(=O)c2c(ncn2CCCCO[P+](=O)O)n(CCCC)c1=O. The maximum absolute atomic E-state index is 12.9. The number of aryl methyl sites for hydroxylation is 2. The molecule has 0 aliphatic heterocycles. The van der Waals surface area contributed by atoms with Crippen molar-refractivity contribution in [3.05, 3.63) is 27.2 Å². The van der Waals surface area contributed by atoms with E-state index < -0.39 is 8.25 Å². The average Bonchev–Trinajstić information content (AvgIpc) is 3.17. The van der Waals surface area contributed by atoms with Gasteiger partial charge in [0.05, 0.1) is 6.33 Å². The summed E-state index contributed by atoms with van der Waals surface area (Å²) in [4.78, 5) is 38.7. The van der Waals surface area contributed by atoms with Crippen LogP contribution in [0.25, 0.3) is 11.2 Å². The molecule has 2 heterocycles. The molecule has 0 spiro atoms. The zero-order valence-electron chi connectivity index (χ0n) is 19.4. The third-order valence-corrected chi connectivity index (χ3v) is 5.35. The standard InChI is InChI=1S/C17H27N4O5P.C4H10/c1-3-5-10-20-15-14(16(22)21(17(20)23)11-6-4-2)19(13-18-15)9-7-8-12-26-27(24)25;1-3-4-2/h13H,3-12H2,1-2H3;3-4H2,1-2H3/p+1. The largest absolute Gasteiger partial charge is 0.694 e. The fourth-order valence-corrected chi connectivity index (χ4v) is 3.25. The van der Waals surface area contributed by atoms with Crippen molar-refractivity contribution in [3.63, 3.8) is 0 Å². The van der Waals surface area contributed by atoms with Gasteiger partial charge in [0.25, 0.3) is 5.56 Å². The molecule has 0 radical (unpaired) electrons. The molecule has 0 amide bonds. The highest BCUT2D eigenvalue weighted by Gasteiger charge is 2.18. The van der Waals surface area contributed by atoms with E-state index in [0.717, 1.165) is 25.7 Å². The van der Waals surface area contributed by atoms with Crippen LogP contribution >= 0.6 is 8.25 Å². The van der Waals surface area contributed by atoms with Crippen LogP contribution in [0, 0.1) is 0 Å². The Balaban J connectivity index is 0.00000110. The lowest BCUT2D eigenvalue weighted by Crippen LogP contribution is -2.40. The number of nitrogens with zero attached hydrogens (tertiary/aromatic N) is 4. The minimum Gasteiger partial charge on any atom is -0.325 e. The monoisotopic (exact) mass is 457 g/mol. The van der Waals surface area contributed by atoms with Crippen LogP contribution in [0.2, 0.25) is 0 Å². The van der Waals surface area contributed by atoms with Gasteiger partial charge >= 0.3 is 13.9 Å². The first-order chi connectivity index (χ1) is 14.9. The molecule has 2 aromatic heterocycles. The topological polar surface area (TPSA) is 108 Å². The lowest BCUT2D eigenvalue weighted by molar-refractivity contribution is 0.273. The Labute approximate surface area is 185 Å². The molecule has 0 bridgehead atoms. The zero-order valence-corrected chi connectivity index (χ0v) is 20.3. The van der Waals surface area contributed by atoms with E-state index in [9.17, 15) is 14.2 Å². The molecular formula is C21H38N4O5P+. The van der Waals surface area contributed by atoms with Crippen molar-refractivity contribution >= 4 is 19.4 Å². The molecule has 0 saturated carbocycles. The highest BCUT2D eigenvalue weighted by molar-refractivity contribution is 7.32. The fourth-order valence-electron chi connectivity index (χ4n) is 2.97. The van der Waals surface area contributed by atoms with Crippen molar-refractivity contribution in [3.8, 4) is 0 Å². The van der Waals surface area contributed by atoms with Gasteiger partial charge in [-0.1, -0.05) is 53.4 Å². The molecule has 0 aliphatic carbocycles. The molecule has 2 rings (SSSR count). The van der Waals surface area contributed by atoms with Gasteiger partial charge in [0.15, 0.2) is 11.2 Å². The Hall–Kier alpha value is -1.83. The molecule has 2 aromatic rings. The maximum atomic E-state index is 12.9. The second kappa shape index (κ2) is 15.1. The van der Waals surface area contributed by atoms with Gasteiger partial charge in [0.1, 0.15) is 6.61 Å². The summed E-state index contributed by atoms with van der Waals surface area (Å²) in [7, 11) is -2.58. The second-order valence-corrected chi connectivity index (χ2v) is 8.22. The average molecular weight is 458 g/mol. The quantitative estimate of drug-likeness (QED) is 0.356. The first-order valence-corrected chi connectivity index (χ1v) is 12.5. The third kappa shape index (κ3) is 8.31. The summed E-state index contributed by atoms with van der Waals surface area (Å²) in [5, 5.41) is 0. The molecule has 10 heteroatoms. The minimum atomic E-state index is -2.58. The molecule has 0 aromatic carbocycles. The summed E-state index contributed by atoms with van der Waals surface area (Å²) in [5.41, 5.74) is 0.278. The van der Waals surface area contributed by atoms with Crippen LogP contribution in [0.1, 0.15) is 79.1 Å². The van der Waals surface area contributed by atoms with E-state index >= 15 is 0 Å². The van der Waals surface area contributed by atoms with Crippen molar-refractivity contribution in [1.82, 2.24) is 18.7 Å². The molecule has 1 atom stereocenters.